The molecule has 3 saturated heterocycles. The largest absolute Gasteiger partial charge is 0.379 e. The zero-order chi connectivity index (χ0) is 14.7. The molecule has 0 bridgehead atoms. The summed E-state index contributed by atoms with van der Waals surface area (Å²) in [5, 5.41) is 0. The van der Waals surface area contributed by atoms with Crippen molar-refractivity contribution < 1.29 is 4.74 Å². The van der Waals surface area contributed by atoms with E-state index in [1.54, 1.807) is 0 Å². The minimum atomic E-state index is 0.256. The van der Waals surface area contributed by atoms with E-state index in [-0.39, 0.29) is 5.54 Å². The molecule has 0 amide bonds. The first-order valence-electron chi connectivity index (χ1n) is 8.69. The first-order valence-corrected chi connectivity index (χ1v) is 8.69. The minimum Gasteiger partial charge on any atom is -0.379 e. The van der Waals surface area contributed by atoms with E-state index in [2.05, 4.69) is 21.7 Å². The van der Waals surface area contributed by atoms with Crippen molar-refractivity contribution in [3.05, 3.63) is 0 Å². The Morgan fingerprint density at radius 3 is 2.67 bits per heavy atom. The third-order valence-corrected chi connectivity index (χ3v) is 5.92. The third-order valence-electron chi connectivity index (χ3n) is 5.92. The van der Waals surface area contributed by atoms with Crippen LogP contribution in [0.15, 0.2) is 0 Å². The van der Waals surface area contributed by atoms with E-state index in [1.165, 1.54) is 51.9 Å². The van der Waals surface area contributed by atoms with Gasteiger partial charge in [-0.25, -0.2) is 0 Å². The van der Waals surface area contributed by atoms with Crippen molar-refractivity contribution in [1.29, 1.82) is 0 Å². The second kappa shape index (κ2) is 6.92. The summed E-state index contributed by atoms with van der Waals surface area (Å²) < 4.78 is 5.49. The van der Waals surface area contributed by atoms with Crippen molar-refractivity contribution in [1.82, 2.24) is 14.7 Å². The maximum absolute atomic E-state index is 6.26. The molecule has 3 aliphatic rings. The number of hydrogen-bond donors (Lipinski definition) is 1. The van der Waals surface area contributed by atoms with Gasteiger partial charge in [0, 0.05) is 44.3 Å². The lowest BCUT2D eigenvalue weighted by atomic mass is 9.88. The highest BCUT2D eigenvalue weighted by Crippen LogP contribution is 2.32. The van der Waals surface area contributed by atoms with Crippen LogP contribution in [0, 0.1) is 0 Å². The zero-order valence-electron chi connectivity index (χ0n) is 13.6. The van der Waals surface area contributed by atoms with Crippen LogP contribution in [-0.2, 0) is 4.74 Å². The maximum Gasteiger partial charge on any atom is 0.0594 e. The zero-order valence-corrected chi connectivity index (χ0v) is 13.6. The molecule has 2 N–H and O–H groups in total. The monoisotopic (exact) mass is 296 g/mol. The van der Waals surface area contributed by atoms with E-state index in [0.717, 1.165) is 38.9 Å². The molecule has 0 aromatic rings. The number of likely N-dealkylation sites (tertiary alicyclic amines) is 2. The molecule has 3 fully saturated rings. The summed E-state index contributed by atoms with van der Waals surface area (Å²) in [6.45, 7) is 9.69. The molecule has 2 atom stereocenters. The molecular weight excluding hydrogens is 264 g/mol. The Bertz CT molecular complexity index is 334. The predicted molar refractivity (Wildman–Crippen MR) is 85.5 cm³/mol. The van der Waals surface area contributed by atoms with Crippen LogP contribution in [0.2, 0.25) is 0 Å². The Kier molecular flexibility index (Phi) is 5.17. The highest BCUT2D eigenvalue weighted by molar-refractivity contribution is 4.99. The van der Waals surface area contributed by atoms with Crippen molar-refractivity contribution in [2.24, 2.45) is 5.73 Å². The van der Waals surface area contributed by atoms with E-state index in [9.17, 15) is 0 Å². The van der Waals surface area contributed by atoms with Gasteiger partial charge in [-0.15, -0.1) is 0 Å². The minimum absolute atomic E-state index is 0.256. The average molecular weight is 296 g/mol. The van der Waals surface area contributed by atoms with E-state index in [0.29, 0.717) is 0 Å². The van der Waals surface area contributed by atoms with Crippen LogP contribution in [0.4, 0.5) is 0 Å². The highest BCUT2D eigenvalue weighted by atomic mass is 16.5. The Labute approximate surface area is 129 Å². The standard InChI is InChI=1S/C16H32N4O/c1-18-6-2-4-16(14-17,5-8-18)20-7-3-15(13-20)19-9-11-21-12-10-19/h15H,2-14,17H2,1H3. The van der Waals surface area contributed by atoms with Gasteiger partial charge in [0.1, 0.15) is 0 Å². The molecule has 3 aliphatic heterocycles. The molecule has 21 heavy (non-hydrogen) atoms. The van der Waals surface area contributed by atoms with Gasteiger partial charge >= 0.3 is 0 Å². The van der Waals surface area contributed by atoms with Gasteiger partial charge in [-0.1, -0.05) is 0 Å². The lowest BCUT2D eigenvalue weighted by Gasteiger charge is -2.41. The molecule has 0 spiro atoms. The van der Waals surface area contributed by atoms with Crippen LogP contribution in [-0.4, -0.2) is 92.4 Å². The van der Waals surface area contributed by atoms with Crippen molar-refractivity contribution in [3.63, 3.8) is 0 Å². The van der Waals surface area contributed by atoms with Gasteiger partial charge in [0.2, 0.25) is 0 Å². The second-order valence-corrected chi connectivity index (χ2v) is 7.12. The van der Waals surface area contributed by atoms with Gasteiger partial charge < -0.3 is 15.4 Å². The first kappa shape index (κ1) is 15.7. The van der Waals surface area contributed by atoms with Crippen LogP contribution < -0.4 is 5.73 Å². The molecule has 0 aromatic heterocycles. The molecule has 0 aliphatic carbocycles. The molecule has 3 heterocycles. The normalized spacial score (nSPS) is 37.7. The summed E-state index contributed by atoms with van der Waals surface area (Å²) in [6.07, 6.45) is 5.09. The molecule has 5 heteroatoms. The van der Waals surface area contributed by atoms with E-state index in [1.807, 2.05) is 0 Å². The van der Waals surface area contributed by atoms with E-state index >= 15 is 0 Å². The number of nitrogens with two attached hydrogens (primary N) is 1. The average Bonchev–Trinajstić information content (AvgIpc) is 2.94. The maximum atomic E-state index is 6.26. The van der Waals surface area contributed by atoms with Gasteiger partial charge in [0.05, 0.1) is 13.2 Å². The van der Waals surface area contributed by atoms with E-state index < -0.39 is 0 Å². The summed E-state index contributed by atoms with van der Waals surface area (Å²) in [4.78, 5) is 7.83. The number of hydrogen-bond acceptors (Lipinski definition) is 5. The van der Waals surface area contributed by atoms with Crippen LogP contribution in [0.25, 0.3) is 0 Å². The fourth-order valence-corrected chi connectivity index (χ4v) is 4.38. The fourth-order valence-electron chi connectivity index (χ4n) is 4.38. The number of rotatable bonds is 3. The lowest BCUT2D eigenvalue weighted by Crippen LogP contribution is -2.54. The van der Waals surface area contributed by atoms with Crippen molar-refractivity contribution in [3.8, 4) is 0 Å². The number of ether oxygens (including phenoxy) is 1. The Morgan fingerprint density at radius 1 is 1.10 bits per heavy atom. The van der Waals surface area contributed by atoms with Crippen molar-refractivity contribution >= 4 is 0 Å². The summed E-state index contributed by atoms with van der Waals surface area (Å²) in [6, 6.07) is 0.721. The summed E-state index contributed by atoms with van der Waals surface area (Å²) >= 11 is 0. The molecule has 5 nitrogen and oxygen atoms in total. The smallest absolute Gasteiger partial charge is 0.0594 e. The van der Waals surface area contributed by atoms with Gasteiger partial charge in [-0.2, -0.15) is 0 Å². The number of morpholine rings is 1. The van der Waals surface area contributed by atoms with Crippen LogP contribution in [0.5, 0.6) is 0 Å². The Morgan fingerprint density at radius 2 is 1.90 bits per heavy atom. The molecule has 122 valence electrons. The van der Waals surface area contributed by atoms with Gasteiger partial charge in [0.15, 0.2) is 0 Å². The van der Waals surface area contributed by atoms with Crippen molar-refractivity contribution in [2.75, 3.05) is 66.1 Å². The second-order valence-electron chi connectivity index (χ2n) is 7.12. The molecule has 0 radical (unpaired) electrons. The highest BCUT2D eigenvalue weighted by Gasteiger charge is 2.41. The molecule has 0 saturated carbocycles. The topological polar surface area (TPSA) is 45.0 Å². The Hall–Kier alpha value is -0.200. The quantitative estimate of drug-likeness (QED) is 0.806. The Balaban J connectivity index is 1.62. The fraction of sp³-hybridized carbons (Fsp3) is 1.00. The predicted octanol–water partition coefficient (Wildman–Crippen LogP) is 0.206. The first-order chi connectivity index (χ1) is 10.2. The van der Waals surface area contributed by atoms with E-state index in [4.69, 9.17) is 10.5 Å². The van der Waals surface area contributed by atoms with Crippen LogP contribution in [0.3, 0.4) is 0 Å². The van der Waals surface area contributed by atoms with Crippen LogP contribution in [0.1, 0.15) is 25.7 Å². The molecular formula is C16H32N4O. The summed E-state index contributed by atoms with van der Waals surface area (Å²) in [7, 11) is 2.24. The lowest BCUT2D eigenvalue weighted by molar-refractivity contribution is 0.0139. The van der Waals surface area contributed by atoms with Gasteiger partial charge in [-0.3, -0.25) is 9.80 Å². The van der Waals surface area contributed by atoms with Gasteiger partial charge in [0.25, 0.3) is 0 Å². The summed E-state index contributed by atoms with van der Waals surface area (Å²) in [5.41, 5.74) is 6.52. The SMILES string of the molecule is CN1CCCC(CN)(N2CCC(N3CCOCC3)C2)CC1. The molecule has 3 rings (SSSR count). The van der Waals surface area contributed by atoms with Crippen LogP contribution >= 0.6 is 0 Å². The summed E-state index contributed by atoms with van der Waals surface area (Å²) in [5.74, 6) is 0. The molecule has 0 aromatic carbocycles. The number of nitrogens with zero attached hydrogens (tertiary/aromatic N) is 3. The third kappa shape index (κ3) is 3.42. The molecule has 2 unspecified atom stereocenters. The van der Waals surface area contributed by atoms with Crippen molar-refractivity contribution in [2.45, 2.75) is 37.3 Å². The van der Waals surface area contributed by atoms with Gasteiger partial charge in [-0.05, 0) is 45.8 Å².